The number of aromatic nitrogens is 1. The number of hydrogen-bond donors (Lipinski definition) is 0. The van der Waals surface area contributed by atoms with Crippen LogP contribution in [-0.4, -0.2) is 17.9 Å². The highest BCUT2D eigenvalue weighted by Crippen LogP contribution is 2.35. The standard InChI is InChI=1S/C18H13ClN2OS/c1-21-16-7-6-11(8-12(16)9-17(21)22)15-10-23-18(20-15)13-4-2-3-5-14(13)19/h2-8,10H,9H2,1H3. The summed E-state index contributed by atoms with van der Waals surface area (Å²) in [4.78, 5) is 18.2. The van der Waals surface area contributed by atoms with Crippen molar-refractivity contribution in [2.75, 3.05) is 11.9 Å². The minimum atomic E-state index is 0.132. The van der Waals surface area contributed by atoms with Crippen LogP contribution in [0.4, 0.5) is 5.69 Å². The zero-order valence-electron chi connectivity index (χ0n) is 12.4. The molecule has 1 amide bonds. The van der Waals surface area contributed by atoms with Crippen LogP contribution in [0, 0.1) is 0 Å². The molecule has 2 aromatic carbocycles. The minimum Gasteiger partial charge on any atom is -0.315 e. The lowest BCUT2D eigenvalue weighted by Gasteiger charge is -2.09. The molecule has 0 bridgehead atoms. The van der Waals surface area contributed by atoms with Crippen LogP contribution < -0.4 is 4.90 Å². The fourth-order valence-corrected chi connectivity index (χ4v) is 3.94. The highest BCUT2D eigenvalue weighted by molar-refractivity contribution is 7.13. The van der Waals surface area contributed by atoms with Gasteiger partial charge in [0.05, 0.1) is 17.1 Å². The highest BCUT2D eigenvalue weighted by atomic mass is 35.5. The van der Waals surface area contributed by atoms with Crippen molar-refractivity contribution in [1.82, 2.24) is 4.98 Å². The molecule has 3 aromatic rings. The van der Waals surface area contributed by atoms with Crippen LogP contribution in [0.5, 0.6) is 0 Å². The number of fused-ring (bicyclic) bond motifs is 1. The molecule has 114 valence electrons. The topological polar surface area (TPSA) is 33.2 Å². The Labute approximate surface area is 143 Å². The highest BCUT2D eigenvalue weighted by Gasteiger charge is 2.24. The second-order valence-corrected chi connectivity index (χ2v) is 6.76. The Morgan fingerprint density at radius 2 is 2.04 bits per heavy atom. The van der Waals surface area contributed by atoms with Crippen molar-refractivity contribution in [2.45, 2.75) is 6.42 Å². The summed E-state index contributed by atoms with van der Waals surface area (Å²) in [6.45, 7) is 0. The molecule has 23 heavy (non-hydrogen) atoms. The summed E-state index contributed by atoms with van der Waals surface area (Å²) in [7, 11) is 1.81. The summed E-state index contributed by atoms with van der Waals surface area (Å²) in [5.41, 5.74) is 4.93. The van der Waals surface area contributed by atoms with E-state index in [1.807, 2.05) is 48.8 Å². The van der Waals surface area contributed by atoms with Gasteiger partial charge in [0.15, 0.2) is 0 Å². The molecule has 0 saturated heterocycles. The number of carbonyl (C=O) groups excluding carboxylic acids is 1. The number of hydrogen-bond acceptors (Lipinski definition) is 3. The quantitative estimate of drug-likeness (QED) is 0.680. The third kappa shape index (κ3) is 2.44. The summed E-state index contributed by atoms with van der Waals surface area (Å²) in [6, 6.07) is 13.8. The molecule has 0 spiro atoms. The van der Waals surface area contributed by atoms with Crippen molar-refractivity contribution in [1.29, 1.82) is 0 Å². The van der Waals surface area contributed by atoms with E-state index in [4.69, 9.17) is 16.6 Å². The third-order valence-electron chi connectivity index (χ3n) is 4.06. The van der Waals surface area contributed by atoms with E-state index < -0.39 is 0 Å². The summed E-state index contributed by atoms with van der Waals surface area (Å²) < 4.78 is 0. The normalized spacial score (nSPS) is 13.5. The van der Waals surface area contributed by atoms with Crippen LogP contribution in [0.15, 0.2) is 47.8 Å². The van der Waals surface area contributed by atoms with Crippen LogP contribution in [0.2, 0.25) is 5.02 Å². The molecular formula is C18H13ClN2OS. The molecule has 0 atom stereocenters. The van der Waals surface area contributed by atoms with Crippen molar-refractivity contribution in [2.24, 2.45) is 0 Å². The summed E-state index contributed by atoms with van der Waals surface area (Å²) in [5, 5.41) is 3.63. The molecule has 0 unspecified atom stereocenters. The number of halogens is 1. The molecule has 1 aliphatic rings. The molecule has 5 heteroatoms. The Balaban J connectivity index is 1.72. The van der Waals surface area contributed by atoms with E-state index in [0.717, 1.165) is 33.1 Å². The van der Waals surface area contributed by atoms with Gasteiger partial charge in [0, 0.05) is 29.2 Å². The third-order valence-corrected chi connectivity index (χ3v) is 5.27. The van der Waals surface area contributed by atoms with E-state index in [2.05, 4.69) is 6.07 Å². The fraction of sp³-hybridized carbons (Fsp3) is 0.111. The number of nitrogens with zero attached hydrogens (tertiary/aromatic N) is 2. The van der Waals surface area contributed by atoms with Crippen molar-refractivity contribution in [3.63, 3.8) is 0 Å². The molecule has 3 nitrogen and oxygen atoms in total. The molecule has 0 aliphatic carbocycles. The number of amides is 1. The van der Waals surface area contributed by atoms with E-state index in [1.165, 1.54) is 0 Å². The summed E-state index contributed by atoms with van der Waals surface area (Å²) in [6.07, 6.45) is 0.460. The second kappa shape index (κ2) is 5.48. The van der Waals surface area contributed by atoms with E-state index in [9.17, 15) is 4.79 Å². The van der Waals surface area contributed by atoms with Gasteiger partial charge in [0.1, 0.15) is 5.01 Å². The van der Waals surface area contributed by atoms with E-state index in [0.29, 0.717) is 11.4 Å². The van der Waals surface area contributed by atoms with Crippen LogP contribution in [0.25, 0.3) is 21.8 Å². The number of rotatable bonds is 2. The summed E-state index contributed by atoms with van der Waals surface area (Å²) >= 11 is 7.82. The van der Waals surface area contributed by atoms with Gasteiger partial charge in [-0.05, 0) is 23.8 Å². The zero-order valence-corrected chi connectivity index (χ0v) is 14.0. The zero-order chi connectivity index (χ0) is 16.0. The molecule has 1 aliphatic heterocycles. The SMILES string of the molecule is CN1C(=O)Cc2cc(-c3csc(-c4ccccc4Cl)n3)ccc21. The number of carbonyl (C=O) groups is 1. The van der Waals surface area contributed by atoms with Crippen molar-refractivity contribution >= 4 is 34.5 Å². The lowest BCUT2D eigenvalue weighted by molar-refractivity contribution is -0.117. The molecule has 1 aromatic heterocycles. The van der Waals surface area contributed by atoms with Gasteiger partial charge in [0.2, 0.25) is 5.91 Å². The average molecular weight is 341 g/mol. The lowest BCUT2D eigenvalue weighted by atomic mass is 10.1. The minimum absolute atomic E-state index is 0.132. The Kier molecular flexibility index (Phi) is 3.43. The van der Waals surface area contributed by atoms with Crippen LogP contribution in [0.1, 0.15) is 5.56 Å². The van der Waals surface area contributed by atoms with E-state index >= 15 is 0 Å². The Hall–Kier alpha value is -2.17. The Bertz CT molecular complexity index is 919. The Morgan fingerprint density at radius 3 is 2.87 bits per heavy atom. The van der Waals surface area contributed by atoms with Crippen molar-refractivity contribution in [3.05, 3.63) is 58.4 Å². The second-order valence-electron chi connectivity index (χ2n) is 5.49. The van der Waals surface area contributed by atoms with Gasteiger partial charge in [-0.15, -0.1) is 11.3 Å². The molecule has 4 rings (SSSR count). The van der Waals surface area contributed by atoms with Gasteiger partial charge in [-0.1, -0.05) is 35.9 Å². The molecule has 2 heterocycles. The first-order chi connectivity index (χ1) is 11.1. The van der Waals surface area contributed by atoms with Gasteiger partial charge in [-0.25, -0.2) is 4.98 Å². The molecule has 0 N–H and O–H groups in total. The largest absolute Gasteiger partial charge is 0.315 e. The summed E-state index contributed by atoms with van der Waals surface area (Å²) in [5.74, 6) is 0.132. The van der Waals surface area contributed by atoms with Crippen molar-refractivity contribution < 1.29 is 4.79 Å². The van der Waals surface area contributed by atoms with Crippen LogP contribution in [0.3, 0.4) is 0 Å². The number of benzene rings is 2. The number of anilines is 1. The first-order valence-electron chi connectivity index (χ1n) is 7.24. The van der Waals surface area contributed by atoms with Crippen LogP contribution in [-0.2, 0) is 11.2 Å². The lowest BCUT2D eigenvalue weighted by Crippen LogP contribution is -2.20. The van der Waals surface area contributed by atoms with Gasteiger partial charge < -0.3 is 4.90 Å². The smallest absolute Gasteiger partial charge is 0.231 e. The predicted molar refractivity (Wildman–Crippen MR) is 95.1 cm³/mol. The number of thiazole rings is 1. The maximum atomic E-state index is 11.8. The molecule has 0 fully saturated rings. The monoisotopic (exact) mass is 340 g/mol. The Morgan fingerprint density at radius 1 is 1.22 bits per heavy atom. The maximum Gasteiger partial charge on any atom is 0.231 e. The first-order valence-corrected chi connectivity index (χ1v) is 8.49. The van der Waals surface area contributed by atoms with E-state index in [-0.39, 0.29) is 5.91 Å². The van der Waals surface area contributed by atoms with Crippen molar-refractivity contribution in [3.8, 4) is 21.8 Å². The van der Waals surface area contributed by atoms with Gasteiger partial charge in [0.25, 0.3) is 0 Å². The predicted octanol–water partition coefficient (Wildman–Crippen LogP) is 4.65. The molecule has 0 radical (unpaired) electrons. The average Bonchev–Trinajstić information content (AvgIpc) is 3.14. The van der Waals surface area contributed by atoms with E-state index in [1.54, 1.807) is 16.2 Å². The first kappa shape index (κ1) is 14.4. The molecule has 0 saturated carbocycles. The van der Waals surface area contributed by atoms with Gasteiger partial charge in [-0.3, -0.25) is 4.79 Å². The number of likely N-dealkylation sites (N-methyl/N-ethyl adjacent to an activating group) is 1. The molecular weight excluding hydrogens is 328 g/mol. The maximum absolute atomic E-state index is 11.8. The van der Waals surface area contributed by atoms with Crippen LogP contribution >= 0.6 is 22.9 Å². The van der Waals surface area contributed by atoms with Gasteiger partial charge >= 0.3 is 0 Å². The van der Waals surface area contributed by atoms with Gasteiger partial charge in [-0.2, -0.15) is 0 Å². The fourth-order valence-electron chi connectivity index (χ4n) is 2.79.